The molecule has 0 aromatic carbocycles. The Morgan fingerprint density at radius 1 is 0.923 bits per heavy atom. The van der Waals surface area contributed by atoms with Crippen LogP contribution in [0.25, 0.3) is 0 Å². The Morgan fingerprint density at radius 2 is 1.38 bits per heavy atom. The predicted molar refractivity (Wildman–Crippen MR) is 60.4 cm³/mol. The smallest absolute Gasteiger partial charge is 0.412 e. The van der Waals surface area contributed by atoms with Crippen LogP contribution in [0.5, 0.6) is 0 Å². The van der Waals surface area contributed by atoms with Gasteiger partial charge in [0.1, 0.15) is 0 Å². The van der Waals surface area contributed by atoms with Crippen molar-refractivity contribution >= 4 is 20.2 Å². The Balaban J connectivity index is 0. The first-order valence-corrected chi connectivity index (χ1v) is 10.5. The topological polar surface area (TPSA) is 40.7 Å². The van der Waals surface area contributed by atoms with Gasteiger partial charge in [-0.3, -0.25) is 0 Å². The van der Waals surface area contributed by atoms with Crippen LogP contribution in [0.4, 0.5) is 0 Å². The number of hydrogen-bond donors (Lipinski definition) is 0. The van der Waals surface area contributed by atoms with Gasteiger partial charge in [-0.25, -0.2) is 0 Å². The molecule has 0 atom stereocenters. The molecule has 0 aromatic rings. The normalized spacial score (nSPS) is 10.2. The molecule has 2 N–H and O–H groups in total. The van der Waals surface area contributed by atoms with Crippen molar-refractivity contribution in [3.05, 3.63) is 0 Å². The molecule has 0 heterocycles. The summed E-state index contributed by atoms with van der Waals surface area (Å²) in [5, 5.41) is 0. The Bertz CT molecular complexity index is 81.0. The van der Waals surface area contributed by atoms with Crippen LogP contribution in [0.1, 0.15) is 46.5 Å². The maximum atomic E-state index is 5.84. The summed E-state index contributed by atoms with van der Waals surface area (Å²) in [6.45, 7) is 7.64. The molecule has 0 bridgehead atoms. The van der Waals surface area contributed by atoms with Crippen molar-refractivity contribution < 1.29 is 8.55 Å². The second-order valence-corrected chi connectivity index (χ2v) is 9.93. The van der Waals surface area contributed by atoms with Crippen molar-refractivity contribution in [2.24, 2.45) is 0 Å². The molecule has 0 amide bonds. The summed E-state index contributed by atoms with van der Waals surface area (Å²) in [5.74, 6) is 0. The first-order valence-electron chi connectivity index (χ1n) is 5.32. The van der Waals surface area contributed by atoms with Crippen LogP contribution in [-0.4, -0.2) is 32.3 Å². The second kappa shape index (κ2) is 12.7. The predicted octanol–water partition coefficient (Wildman–Crippen LogP) is 2.79. The zero-order valence-electron chi connectivity index (χ0n) is 9.36. The van der Waals surface area contributed by atoms with Crippen molar-refractivity contribution in [2.45, 2.75) is 55.3 Å². The molecular weight excluding hydrogens is 271 g/mol. The van der Waals surface area contributed by atoms with E-state index in [9.17, 15) is 0 Å². The third kappa shape index (κ3) is 10.6. The molecule has 0 rings (SSSR count). The first-order chi connectivity index (χ1) is 5.85. The Kier molecular flexibility index (Phi) is 15.8. The van der Waals surface area contributed by atoms with Gasteiger partial charge >= 0.3 is 85.2 Å². The van der Waals surface area contributed by atoms with E-state index in [0.29, 0.717) is 0 Å². The van der Waals surface area contributed by atoms with Gasteiger partial charge in [-0.05, 0) is 0 Å². The van der Waals surface area contributed by atoms with E-state index < -0.39 is 20.2 Å². The summed E-state index contributed by atoms with van der Waals surface area (Å²) < 4.78 is 8.74. The van der Waals surface area contributed by atoms with E-state index in [4.69, 9.17) is 3.07 Å². The van der Waals surface area contributed by atoms with Gasteiger partial charge in [-0.2, -0.15) is 0 Å². The molecule has 0 spiro atoms. The molecule has 0 aromatic heterocycles. The quantitative estimate of drug-likeness (QED) is 0.635. The Morgan fingerprint density at radius 3 is 1.69 bits per heavy atom. The monoisotopic (exact) mass is 297 g/mol. The van der Waals surface area contributed by atoms with Crippen molar-refractivity contribution in [3.8, 4) is 0 Å². The van der Waals surface area contributed by atoms with Crippen LogP contribution in [0.2, 0.25) is 8.87 Å². The molecule has 0 saturated heterocycles. The van der Waals surface area contributed by atoms with Crippen molar-refractivity contribution in [2.75, 3.05) is 6.61 Å². The van der Waals surface area contributed by atoms with Crippen LogP contribution in [0, 0.1) is 0 Å². The maximum absolute atomic E-state index is 5.84. The molecule has 2 nitrogen and oxygen atoms in total. The van der Waals surface area contributed by atoms with E-state index in [2.05, 4.69) is 20.8 Å². The van der Waals surface area contributed by atoms with E-state index in [1.54, 1.807) is 0 Å². The van der Waals surface area contributed by atoms with E-state index in [1.165, 1.54) is 34.6 Å². The minimum absolute atomic E-state index is 0. The van der Waals surface area contributed by atoms with E-state index >= 15 is 0 Å². The molecule has 13 heavy (non-hydrogen) atoms. The van der Waals surface area contributed by atoms with Crippen molar-refractivity contribution in [1.29, 1.82) is 0 Å². The van der Waals surface area contributed by atoms with Gasteiger partial charge in [0.05, 0.1) is 0 Å². The van der Waals surface area contributed by atoms with Crippen LogP contribution >= 0.6 is 0 Å². The zero-order valence-corrected chi connectivity index (χ0v) is 12.2. The van der Waals surface area contributed by atoms with E-state index in [1.807, 2.05) is 0 Å². The van der Waals surface area contributed by atoms with Gasteiger partial charge in [0, 0.05) is 0 Å². The summed E-state index contributed by atoms with van der Waals surface area (Å²) >= 11 is -1.31. The Labute approximate surface area is 90.6 Å². The third-order valence-corrected chi connectivity index (χ3v) is 9.16. The summed E-state index contributed by atoms with van der Waals surface area (Å²) in [4.78, 5) is 0. The van der Waals surface area contributed by atoms with Gasteiger partial charge in [-0.15, -0.1) is 0 Å². The van der Waals surface area contributed by atoms with Gasteiger partial charge in [0.25, 0.3) is 0 Å². The molecule has 3 heteroatoms. The largest absolute Gasteiger partial charge is 0.412 e. The average Bonchev–Trinajstić information content (AvgIpc) is 2.10. The van der Waals surface area contributed by atoms with Crippen LogP contribution in [-0.2, 0) is 3.07 Å². The standard InChI is InChI=1S/2C4H9.C2H5O.H2O.Sn/c2*1-3-4-2;1-2-3;;/h2*1,3-4H2,2H3;2H2,1H3;1H2;/q;;-1;;+1. The summed E-state index contributed by atoms with van der Waals surface area (Å²) in [6, 6.07) is 0. The van der Waals surface area contributed by atoms with Crippen LogP contribution in [0.15, 0.2) is 0 Å². The number of unbranched alkanes of at least 4 members (excludes halogenated alkanes) is 2. The minimum Gasteiger partial charge on any atom is -0.412 e. The zero-order chi connectivity index (χ0) is 9.23. The second-order valence-electron chi connectivity index (χ2n) is 3.18. The van der Waals surface area contributed by atoms with Gasteiger partial charge < -0.3 is 5.48 Å². The number of hydrogen-bond acceptors (Lipinski definition) is 1. The molecule has 1 radical (unpaired) electrons. The summed E-state index contributed by atoms with van der Waals surface area (Å²) in [5.41, 5.74) is 0. The van der Waals surface area contributed by atoms with Crippen molar-refractivity contribution in [3.63, 3.8) is 0 Å². The fourth-order valence-corrected chi connectivity index (χ4v) is 8.19. The molecule has 81 valence electrons. The van der Waals surface area contributed by atoms with E-state index in [0.717, 1.165) is 6.61 Å². The summed E-state index contributed by atoms with van der Waals surface area (Å²) in [6.07, 6.45) is 5.48. The number of rotatable bonds is 8. The average molecular weight is 296 g/mol. The molecule has 0 saturated carbocycles. The first kappa shape index (κ1) is 16.2. The van der Waals surface area contributed by atoms with Crippen molar-refractivity contribution in [1.82, 2.24) is 0 Å². The molecular formula is C10H25O2Sn. The summed E-state index contributed by atoms with van der Waals surface area (Å²) in [7, 11) is 0. The van der Waals surface area contributed by atoms with Gasteiger partial charge in [-0.1, -0.05) is 0 Å². The molecule has 0 aliphatic rings. The van der Waals surface area contributed by atoms with Gasteiger partial charge in [0.15, 0.2) is 0 Å². The van der Waals surface area contributed by atoms with Gasteiger partial charge in [0.2, 0.25) is 0 Å². The van der Waals surface area contributed by atoms with Crippen LogP contribution in [0.3, 0.4) is 0 Å². The minimum atomic E-state index is -1.31. The fraction of sp³-hybridized carbons (Fsp3) is 1.00. The third-order valence-electron chi connectivity index (χ3n) is 1.97. The Hall–Kier alpha value is 0.719. The molecule has 0 unspecified atom stereocenters. The molecule has 0 aliphatic heterocycles. The van der Waals surface area contributed by atoms with E-state index in [-0.39, 0.29) is 5.48 Å². The molecule has 0 fully saturated rings. The van der Waals surface area contributed by atoms with Crippen LogP contribution < -0.4 is 0 Å². The maximum Gasteiger partial charge on any atom is -0.412 e. The SMILES string of the molecule is CCC[CH2][Sn]([CH2]CCC)[O]CC.O. The molecule has 0 aliphatic carbocycles. The fourth-order valence-electron chi connectivity index (χ4n) is 1.22.